The number of fused-ring (bicyclic) bond motifs is 1. The fourth-order valence-corrected chi connectivity index (χ4v) is 2.58. The van der Waals surface area contributed by atoms with Crippen molar-refractivity contribution in [3.63, 3.8) is 0 Å². The van der Waals surface area contributed by atoms with Gasteiger partial charge >= 0.3 is 0 Å². The van der Waals surface area contributed by atoms with Gasteiger partial charge in [0.1, 0.15) is 11.6 Å². The van der Waals surface area contributed by atoms with Crippen LogP contribution in [-0.4, -0.2) is 11.9 Å². The Bertz CT molecular complexity index is 652. The number of carbonyl (C=O) groups excluding carboxylic acids is 1. The summed E-state index contributed by atoms with van der Waals surface area (Å²) in [5.74, 6) is -0.860. The van der Waals surface area contributed by atoms with Crippen LogP contribution in [-0.2, 0) is 12.8 Å². The summed E-state index contributed by atoms with van der Waals surface area (Å²) in [7, 11) is 0. The molecule has 0 saturated heterocycles. The molecule has 0 aromatic heterocycles. The third-order valence-electron chi connectivity index (χ3n) is 3.57. The van der Waals surface area contributed by atoms with E-state index in [2.05, 4.69) is 5.32 Å². The topological polar surface area (TPSA) is 29.1 Å². The van der Waals surface area contributed by atoms with Crippen LogP contribution in [0.3, 0.4) is 0 Å². The van der Waals surface area contributed by atoms with Gasteiger partial charge in [-0.15, -0.1) is 0 Å². The van der Waals surface area contributed by atoms with Gasteiger partial charge in [0.2, 0.25) is 0 Å². The van der Waals surface area contributed by atoms with Gasteiger partial charge in [0.05, 0.1) is 0 Å². The Kier molecular flexibility index (Phi) is 3.22. The van der Waals surface area contributed by atoms with E-state index in [1.165, 1.54) is 30.3 Å². The van der Waals surface area contributed by atoms with E-state index in [4.69, 9.17) is 0 Å². The molecule has 0 heterocycles. The Balaban J connectivity index is 1.70. The van der Waals surface area contributed by atoms with Crippen molar-refractivity contribution < 1.29 is 13.6 Å². The summed E-state index contributed by atoms with van der Waals surface area (Å²) in [4.78, 5) is 12.0. The maximum Gasteiger partial charge on any atom is 0.251 e. The predicted molar refractivity (Wildman–Crippen MR) is 71.5 cm³/mol. The smallest absolute Gasteiger partial charge is 0.251 e. The van der Waals surface area contributed by atoms with Crippen LogP contribution < -0.4 is 5.32 Å². The SMILES string of the molecule is O=C(NC1Cc2cccc(F)c2C1)c1ccc(F)cc1. The minimum Gasteiger partial charge on any atom is -0.349 e. The number of hydrogen-bond donors (Lipinski definition) is 1. The molecule has 1 N–H and O–H groups in total. The maximum atomic E-state index is 13.6. The third-order valence-corrected chi connectivity index (χ3v) is 3.57. The number of carbonyl (C=O) groups is 1. The molecule has 0 saturated carbocycles. The average Bonchev–Trinajstić information content (AvgIpc) is 2.83. The molecule has 0 radical (unpaired) electrons. The summed E-state index contributed by atoms with van der Waals surface area (Å²) in [5.41, 5.74) is 2.02. The zero-order valence-electron chi connectivity index (χ0n) is 10.7. The van der Waals surface area contributed by atoms with Crippen LogP contribution in [0.15, 0.2) is 42.5 Å². The van der Waals surface area contributed by atoms with Gasteiger partial charge in [-0.05, 0) is 54.3 Å². The first-order chi connectivity index (χ1) is 9.63. The first-order valence-corrected chi connectivity index (χ1v) is 6.46. The molecular weight excluding hydrogens is 260 g/mol. The Labute approximate surface area is 115 Å². The van der Waals surface area contributed by atoms with Gasteiger partial charge in [-0.1, -0.05) is 12.1 Å². The number of hydrogen-bond acceptors (Lipinski definition) is 1. The number of nitrogens with one attached hydrogen (secondary N) is 1. The number of halogens is 2. The highest BCUT2D eigenvalue weighted by Gasteiger charge is 2.25. The van der Waals surface area contributed by atoms with Gasteiger partial charge in [-0.2, -0.15) is 0 Å². The maximum absolute atomic E-state index is 13.6. The van der Waals surface area contributed by atoms with Gasteiger partial charge in [-0.25, -0.2) is 8.78 Å². The van der Waals surface area contributed by atoms with Crippen molar-refractivity contribution in [1.29, 1.82) is 0 Å². The van der Waals surface area contributed by atoms with E-state index in [1.807, 2.05) is 6.07 Å². The second-order valence-electron chi connectivity index (χ2n) is 4.96. The molecule has 20 heavy (non-hydrogen) atoms. The van der Waals surface area contributed by atoms with Gasteiger partial charge in [0, 0.05) is 11.6 Å². The Morgan fingerprint density at radius 2 is 1.80 bits per heavy atom. The summed E-state index contributed by atoms with van der Waals surface area (Å²) < 4.78 is 26.4. The van der Waals surface area contributed by atoms with E-state index in [-0.39, 0.29) is 23.6 Å². The van der Waals surface area contributed by atoms with Crippen molar-refractivity contribution in [2.45, 2.75) is 18.9 Å². The number of rotatable bonds is 2. The predicted octanol–water partition coefficient (Wildman–Crippen LogP) is 2.86. The lowest BCUT2D eigenvalue weighted by molar-refractivity contribution is 0.0938. The quantitative estimate of drug-likeness (QED) is 0.895. The fraction of sp³-hybridized carbons (Fsp3) is 0.188. The fourth-order valence-electron chi connectivity index (χ4n) is 2.58. The molecule has 1 unspecified atom stereocenters. The highest BCUT2D eigenvalue weighted by Crippen LogP contribution is 2.24. The first-order valence-electron chi connectivity index (χ1n) is 6.46. The van der Waals surface area contributed by atoms with Gasteiger partial charge in [0.25, 0.3) is 5.91 Å². The van der Waals surface area contributed by atoms with Gasteiger partial charge in [-0.3, -0.25) is 4.79 Å². The molecule has 1 atom stereocenters. The molecule has 0 fully saturated rings. The Morgan fingerprint density at radius 1 is 1.05 bits per heavy atom. The van der Waals surface area contributed by atoms with Crippen molar-refractivity contribution in [3.05, 3.63) is 70.8 Å². The molecule has 102 valence electrons. The largest absolute Gasteiger partial charge is 0.349 e. The molecule has 1 aliphatic carbocycles. The zero-order chi connectivity index (χ0) is 14.1. The lowest BCUT2D eigenvalue weighted by atomic mass is 10.1. The molecule has 3 rings (SSSR count). The highest BCUT2D eigenvalue weighted by atomic mass is 19.1. The van der Waals surface area contributed by atoms with Gasteiger partial charge < -0.3 is 5.32 Å². The van der Waals surface area contributed by atoms with Crippen LogP contribution >= 0.6 is 0 Å². The highest BCUT2D eigenvalue weighted by molar-refractivity contribution is 5.94. The zero-order valence-corrected chi connectivity index (χ0v) is 10.7. The second-order valence-corrected chi connectivity index (χ2v) is 4.96. The molecule has 0 bridgehead atoms. The molecular formula is C16H13F2NO. The molecule has 0 spiro atoms. The van der Waals surface area contributed by atoms with Crippen LogP contribution in [0.4, 0.5) is 8.78 Å². The van der Waals surface area contributed by atoms with E-state index in [0.29, 0.717) is 24.0 Å². The van der Waals surface area contributed by atoms with Crippen LogP contribution in [0.5, 0.6) is 0 Å². The molecule has 0 aliphatic heterocycles. The van der Waals surface area contributed by atoms with Crippen molar-refractivity contribution >= 4 is 5.91 Å². The van der Waals surface area contributed by atoms with Crippen molar-refractivity contribution in [2.24, 2.45) is 0 Å². The monoisotopic (exact) mass is 273 g/mol. The van der Waals surface area contributed by atoms with Crippen molar-refractivity contribution in [1.82, 2.24) is 5.32 Å². The van der Waals surface area contributed by atoms with E-state index in [9.17, 15) is 13.6 Å². The lowest BCUT2D eigenvalue weighted by Crippen LogP contribution is -2.35. The van der Waals surface area contributed by atoms with E-state index < -0.39 is 0 Å². The van der Waals surface area contributed by atoms with E-state index in [1.54, 1.807) is 6.07 Å². The number of benzene rings is 2. The van der Waals surface area contributed by atoms with Crippen molar-refractivity contribution in [3.8, 4) is 0 Å². The van der Waals surface area contributed by atoms with Crippen molar-refractivity contribution in [2.75, 3.05) is 0 Å². The van der Waals surface area contributed by atoms with E-state index in [0.717, 1.165) is 5.56 Å². The first kappa shape index (κ1) is 12.8. The Morgan fingerprint density at radius 3 is 2.50 bits per heavy atom. The van der Waals surface area contributed by atoms with Crippen LogP contribution in [0, 0.1) is 11.6 Å². The molecule has 1 amide bonds. The van der Waals surface area contributed by atoms with E-state index >= 15 is 0 Å². The summed E-state index contributed by atoms with van der Waals surface area (Å²) in [6.45, 7) is 0. The van der Waals surface area contributed by atoms with Crippen LogP contribution in [0.25, 0.3) is 0 Å². The second kappa shape index (κ2) is 5.04. The molecule has 4 heteroatoms. The standard InChI is InChI=1S/C16H13F2NO/c17-12-6-4-10(5-7-12)16(20)19-13-8-11-2-1-3-15(18)14(11)9-13/h1-7,13H,8-9H2,(H,19,20). The minimum atomic E-state index is -0.378. The average molecular weight is 273 g/mol. The summed E-state index contributed by atoms with van der Waals surface area (Å²) >= 11 is 0. The molecule has 2 nitrogen and oxygen atoms in total. The third kappa shape index (κ3) is 2.41. The minimum absolute atomic E-state index is 0.112. The molecule has 2 aromatic rings. The summed E-state index contributed by atoms with van der Waals surface area (Å²) in [5, 5.41) is 2.86. The normalized spacial score (nSPS) is 16.8. The molecule has 1 aliphatic rings. The summed E-state index contributed by atoms with van der Waals surface area (Å²) in [6.07, 6.45) is 1.12. The number of amides is 1. The lowest BCUT2D eigenvalue weighted by Gasteiger charge is -2.12. The van der Waals surface area contributed by atoms with Gasteiger partial charge in [0.15, 0.2) is 0 Å². The van der Waals surface area contributed by atoms with Crippen LogP contribution in [0.2, 0.25) is 0 Å². The summed E-state index contributed by atoms with van der Waals surface area (Å²) in [6, 6.07) is 10.2. The van der Waals surface area contributed by atoms with Crippen LogP contribution in [0.1, 0.15) is 21.5 Å². The molecule has 2 aromatic carbocycles. The Hall–Kier alpha value is -2.23.